The summed E-state index contributed by atoms with van der Waals surface area (Å²) >= 11 is 0. The molecule has 1 rings (SSSR count). The van der Waals surface area contributed by atoms with Crippen molar-refractivity contribution in [1.82, 2.24) is 10.6 Å². The van der Waals surface area contributed by atoms with E-state index >= 15 is 0 Å². The summed E-state index contributed by atoms with van der Waals surface area (Å²) in [6.45, 7) is 8.29. The molecule has 0 aromatic rings. The van der Waals surface area contributed by atoms with Crippen molar-refractivity contribution in [2.24, 2.45) is 23.7 Å². The van der Waals surface area contributed by atoms with Crippen LogP contribution in [0.1, 0.15) is 33.6 Å². The maximum atomic E-state index is 12.1. The van der Waals surface area contributed by atoms with Crippen LogP contribution in [0.2, 0.25) is 0 Å². The molecular formula is C19H34N2O4. The normalized spacial score (nSPS) is 23.3. The van der Waals surface area contributed by atoms with Crippen molar-refractivity contribution in [1.29, 1.82) is 0 Å². The first-order chi connectivity index (χ1) is 11.9. The van der Waals surface area contributed by atoms with Crippen LogP contribution in [0, 0.1) is 23.7 Å². The van der Waals surface area contributed by atoms with Crippen LogP contribution in [-0.2, 0) is 19.1 Å². The molecule has 0 aromatic heterocycles. The predicted molar refractivity (Wildman–Crippen MR) is 98.1 cm³/mol. The molecule has 0 heterocycles. The maximum Gasteiger partial charge on any atom is 0.246 e. The lowest BCUT2D eigenvalue weighted by molar-refractivity contribution is -0.125. The number of hydrogen-bond donors (Lipinski definition) is 2. The Morgan fingerprint density at radius 1 is 1.20 bits per heavy atom. The Morgan fingerprint density at radius 2 is 1.92 bits per heavy atom. The maximum absolute atomic E-state index is 12.1. The van der Waals surface area contributed by atoms with Gasteiger partial charge in [0.05, 0.1) is 6.61 Å². The Kier molecular flexibility index (Phi) is 9.75. The van der Waals surface area contributed by atoms with Gasteiger partial charge in [0, 0.05) is 33.7 Å². The minimum Gasteiger partial charge on any atom is -0.383 e. The van der Waals surface area contributed by atoms with E-state index in [2.05, 4.69) is 37.5 Å². The molecule has 0 saturated carbocycles. The van der Waals surface area contributed by atoms with Crippen molar-refractivity contribution in [2.75, 3.05) is 40.5 Å². The Morgan fingerprint density at radius 3 is 2.52 bits per heavy atom. The molecule has 1 aliphatic rings. The SMILES string of the molecule is COCCNC(=O)CC1CC(C(C)C)C(CNC(=O)COC)C=C1C. The van der Waals surface area contributed by atoms with Crippen LogP contribution in [0.5, 0.6) is 0 Å². The first-order valence-electron chi connectivity index (χ1n) is 9.08. The average molecular weight is 354 g/mol. The molecule has 0 saturated heterocycles. The van der Waals surface area contributed by atoms with Crippen molar-refractivity contribution in [3.63, 3.8) is 0 Å². The van der Waals surface area contributed by atoms with E-state index in [1.54, 1.807) is 7.11 Å². The molecule has 0 fully saturated rings. The van der Waals surface area contributed by atoms with Crippen molar-refractivity contribution in [3.8, 4) is 0 Å². The van der Waals surface area contributed by atoms with Crippen LogP contribution >= 0.6 is 0 Å². The first kappa shape index (κ1) is 21.6. The monoisotopic (exact) mass is 354 g/mol. The third kappa shape index (κ3) is 7.57. The molecule has 6 nitrogen and oxygen atoms in total. The van der Waals surface area contributed by atoms with E-state index in [0.29, 0.717) is 43.9 Å². The van der Waals surface area contributed by atoms with Gasteiger partial charge in [-0.25, -0.2) is 0 Å². The molecule has 6 heteroatoms. The molecule has 2 amide bonds. The first-order valence-corrected chi connectivity index (χ1v) is 9.08. The van der Waals surface area contributed by atoms with Crippen LogP contribution in [0.4, 0.5) is 0 Å². The predicted octanol–water partition coefficient (Wildman–Crippen LogP) is 1.76. The van der Waals surface area contributed by atoms with E-state index in [0.717, 1.165) is 6.42 Å². The standard InChI is InChI=1S/C19H34N2O4/c1-13(2)17-9-15(10-18(22)20-6-7-24-4)14(3)8-16(17)11-21-19(23)12-25-5/h8,13,15-17H,6-7,9-12H2,1-5H3,(H,20,22)(H,21,23). The summed E-state index contributed by atoms with van der Waals surface area (Å²) in [4.78, 5) is 23.8. The Labute approximate surface area is 151 Å². The molecule has 0 radical (unpaired) electrons. The smallest absolute Gasteiger partial charge is 0.246 e. The fourth-order valence-electron chi connectivity index (χ4n) is 3.51. The largest absolute Gasteiger partial charge is 0.383 e. The Bertz CT molecular complexity index is 462. The van der Waals surface area contributed by atoms with Gasteiger partial charge < -0.3 is 20.1 Å². The zero-order valence-corrected chi connectivity index (χ0v) is 16.3. The molecular weight excluding hydrogens is 320 g/mol. The van der Waals surface area contributed by atoms with Gasteiger partial charge in [0.15, 0.2) is 0 Å². The number of rotatable bonds is 10. The molecule has 2 N–H and O–H groups in total. The highest BCUT2D eigenvalue weighted by atomic mass is 16.5. The topological polar surface area (TPSA) is 76.7 Å². The Hall–Kier alpha value is -1.40. The van der Waals surface area contributed by atoms with Gasteiger partial charge in [-0.1, -0.05) is 25.5 Å². The van der Waals surface area contributed by atoms with Gasteiger partial charge in [0.2, 0.25) is 11.8 Å². The average Bonchev–Trinajstić information content (AvgIpc) is 2.55. The number of methoxy groups -OCH3 is 2. The Balaban J connectivity index is 2.66. The van der Waals surface area contributed by atoms with Gasteiger partial charge in [0.25, 0.3) is 0 Å². The van der Waals surface area contributed by atoms with Crippen LogP contribution < -0.4 is 10.6 Å². The minimum absolute atomic E-state index is 0.0733. The van der Waals surface area contributed by atoms with Gasteiger partial charge >= 0.3 is 0 Å². The molecule has 0 aliphatic heterocycles. The van der Waals surface area contributed by atoms with E-state index in [-0.39, 0.29) is 24.3 Å². The molecule has 3 unspecified atom stereocenters. The van der Waals surface area contributed by atoms with Crippen molar-refractivity contribution in [3.05, 3.63) is 11.6 Å². The lowest BCUT2D eigenvalue weighted by Crippen LogP contribution is -2.38. The van der Waals surface area contributed by atoms with Gasteiger partial charge in [-0.15, -0.1) is 0 Å². The third-order valence-electron chi connectivity index (χ3n) is 4.95. The molecule has 25 heavy (non-hydrogen) atoms. The van der Waals surface area contributed by atoms with E-state index in [1.165, 1.54) is 12.7 Å². The van der Waals surface area contributed by atoms with Gasteiger partial charge in [-0.3, -0.25) is 9.59 Å². The molecule has 144 valence electrons. The summed E-state index contributed by atoms with van der Waals surface area (Å²) in [5.41, 5.74) is 1.24. The summed E-state index contributed by atoms with van der Waals surface area (Å²) in [7, 11) is 3.14. The number of hydrogen-bond acceptors (Lipinski definition) is 4. The quantitative estimate of drug-likeness (QED) is 0.463. The fraction of sp³-hybridized carbons (Fsp3) is 0.789. The lowest BCUT2D eigenvalue weighted by Gasteiger charge is -2.37. The van der Waals surface area contributed by atoms with E-state index < -0.39 is 0 Å². The number of nitrogens with one attached hydrogen (secondary N) is 2. The summed E-state index contributed by atoms with van der Waals surface area (Å²) in [5, 5.41) is 5.85. The highest BCUT2D eigenvalue weighted by Gasteiger charge is 2.32. The fourth-order valence-corrected chi connectivity index (χ4v) is 3.51. The van der Waals surface area contributed by atoms with Crippen molar-refractivity contribution >= 4 is 11.8 Å². The number of carbonyl (C=O) groups excluding carboxylic acids is 2. The molecule has 0 aromatic carbocycles. The molecule has 0 bridgehead atoms. The summed E-state index contributed by atoms with van der Waals surface area (Å²) in [6, 6.07) is 0. The van der Waals surface area contributed by atoms with Crippen LogP contribution in [-0.4, -0.2) is 52.3 Å². The third-order valence-corrected chi connectivity index (χ3v) is 4.95. The number of ether oxygens (including phenoxy) is 2. The summed E-state index contributed by atoms with van der Waals surface area (Å²) in [5.74, 6) is 1.49. The van der Waals surface area contributed by atoms with Crippen LogP contribution in [0.15, 0.2) is 11.6 Å². The second-order valence-electron chi connectivity index (χ2n) is 7.20. The summed E-state index contributed by atoms with van der Waals surface area (Å²) < 4.78 is 9.82. The van der Waals surface area contributed by atoms with Crippen LogP contribution in [0.25, 0.3) is 0 Å². The van der Waals surface area contributed by atoms with Gasteiger partial charge in [0.1, 0.15) is 6.61 Å². The van der Waals surface area contributed by atoms with E-state index in [4.69, 9.17) is 9.47 Å². The number of allylic oxidation sites excluding steroid dienone is 1. The number of carbonyl (C=O) groups is 2. The molecule has 1 aliphatic carbocycles. The minimum atomic E-state index is -0.0873. The second kappa shape index (κ2) is 11.3. The zero-order chi connectivity index (χ0) is 18.8. The zero-order valence-electron chi connectivity index (χ0n) is 16.3. The lowest BCUT2D eigenvalue weighted by atomic mass is 9.69. The van der Waals surface area contributed by atoms with Gasteiger partial charge in [-0.05, 0) is 37.0 Å². The van der Waals surface area contributed by atoms with Crippen LogP contribution in [0.3, 0.4) is 0 Å². The van der Waals surface area contributed by atoms with E-state index in [1.807, 2.05) is 0 Å². The molecule has 0 spiro atoms. The molecule has 3 atom stereocenters. The second-order valence-corrected chi connectivity index (χ2v) is 7.20. The van der Waals surface area contributed by atoms with E-state index in [9.17, 15) is 9.59 Å². The summed E-state index contributed by atoms with van der Waals surface area (Å²) in [6.07, 6.45) is 3.73. The number of amides is 2. The highest BCUT2D eigenvalue weighted by Crippen LogP contribution is 2.38. The highest BCUT2D eigenvalue weighted by molar-refractivity contribution is 5.77. The van der Waals surface area contributed by atoms with Crippen molar-refractivity contribution in [2.45, 2.75) is 33.6 Å². The van der Waals surface area contributed by atoms with Gasteiger partial charge in [-0.2, -0.15) is 0 Å². The van der Waals surface area contributed by atoms with Crippen molar-refractivity contribution < 1.29 is 19.1 Å².